The Bertz CT molecular complexity index is 513. The number of nitrogens with one attached hydrogen (secondary N) is 5. The highest BCUT2D eigenvalue weighted by molar-refractivity contribution is 6.30. The fourth-order valence-electron chi connectivity index (χ4n) is 4.57. The van der Waals surface area contributed by atoms with E-state index in [1.54, 1.807) is 0 Å². The molecule has 0 spiro atoms. The predicted molar refractivity (Wildman–Crippen MR) is 115 cm³/mol. The fourth-order valence-corrected chi connectivity index (χ4v) is 5.14. The van der Waals surface area contributed by atoms with Crippen LogP contribution in [0.2, 0.25) is 0 Å². The monoisotopic (exact) mass is 434 g/mol. The molecule has 0 aromatic rings. The maximum absolute atomic E-state index is 12.4. The van der Waals surface area contributed by atoms with Crippen LogP contribution in [0.3, 0.4) is 0 Å². The molecule has 7 unspecified atom stereocenters. The SMILES string of the molecule is CC1CC(NCC2CCCN(C)C2)NC(NC(=O)NC2CCC(Cl)C(Cl)C2)N1. The molecule has 3 fully saturated rings. The number of piperidine rings is 1. The molecule has 0 radical (unpaired) electrons. The molecule has 5 N–H and O–H groups in total. The van der Waals surface area contributed by atoms with Crippen molar-refractivity contribution in [2.24, 2.45) is 5.92 Å². The number of amides is 2. The maximum Gasteiger partial charge on any atom is 0.317 e. The molecule has 2 aliphatic heterocycles. The van der Waals surface area contributed by atoms with E-state index in [1.165, 1.54) is 19.4 Å². The van der Waals surface area contributed by atoms with Gasteiger partial charge in [0.15, 0.2) is 0 Å². The smallest absolute Gasteiger partial charge is 0.317 e. The topological polar surface area (TPSA) is 80.5 Å². The van der Waals surface area contributed by atoms with E-state index in [9.17, 15) is 4.79 Å². The van der Waals surface area contributed by atoms with Crippen molar-refractivity contribution in [1.82, 2.24) is 31.5 Å². The second kappa shape index (κ2) is 10.6. The molecule has 9 heteroatoms. The number of hydrogen-bond acceptors (Lipinski definition) is 5. The van der Waals surface area contributed by atoms with Crippen LogP contribution >= 0.6 is 23.2 Å². The molecule has 2 saturated heterocycles. The number of halogens is 2. The van der Waals surface area contributed by atoms with Crippen LogP contribution in [0.4, 0.5) is 4.79 Å². The summed E-state index contributed by atoms with van der Waals surface area (Å²) in [6, 6.07) is 0.223. The average Bonchev–Trinajstić information content (AvgIpc) is 2.63. The Balaban J connectivity index is 1.40. The third kappa shape index (κ3) is 6.89. The van der Waals surface area contributed by atoms with Gasteiger partial charge in [0.2, 0.25) is 0 Å². The molecular formula is C19H36Cl2N6O. The zero-order valence-corrected chi connectivity index (χ0v) is 18.5. The van der Waals surface area contributed by atoms with Crippen LogP contribution in [0.5, 0.6) is 0 Å². The van der Waals surface area contributed by atoms with Gasteiger partial charge in [-0.3, -0.25) is 10.6 Å². The third-order valence-electron chi connectivity index (χ3n) is 6.09. The van der Waals surface area contributed by atoms with Crippen molar-refractivity contribution in [3.63, 3.8) is 0 Å². The second-order valence-electron chi connectivity index (χ2n) is 8.79. The summed E-state index contributed by atoms with van der Waals surface area (Å²) in [5, 5.41) is 16.5. The summed E-state index contributed by atoms with van der Waals surface area (Å²) in [7, 11) is 2.20. The summed E-state index contributed by atoms with van der Waals surface area (Å²) in [6.45, 7) is 5.52. The summed E-state index contributed by atoms with van der Waals surface area (Å²) in [4.78, 5) is 14.8. The Morgan fingerprint density at radius 2 is 1.93 bits per heavy atom. The van der Waals surface area contributed by atoms with Crippen molar-refractivity contribution < 1.29 is 4.79 Å². The van der Waals surface area contributed by atoms with Crippen molar-refractivity contribution in [1.29, 1.82) is 0 Å². The van der Waals surface area contributed by atoms with E-state index < -0.39 is 0 Å². The summed E-state index contributed by atoms with van der Waals surface area (Å²) in [6.07, 6.45) is 5.89. The number of likely N-dealkylation sites (tertiary alicyclic amines) is 1. The number of rotatable bonds is 5. The van der Waals surface area contributed by atoms with Gasteiger partial charge in [0, 0.05) is 25.2 Å². The first-order valence-electron chi connectivity index (χ1n) is 10.7. The van der Waals surface area contributed by atoms with Gasteiger partial charge in [-0.25, -0.2) is 4.79 Å². The van der Waals surface area contributed by atoms with E-state index in [-0.39, 0.29) is 35.3 Å². The first-order chi connectivity index (χ1) is 13.4. The molecule has 162 valence electrons. The Morgan fingerprint density at radius 1 is 1.11 bits per heavy atom. The van der Waals surface area contributed by atoms with E-state index in [4.69, 9.17) is 23.2 Å². The number of urea groups is 1. The van der Waals surface area contributed by atoms with Crippen LogP contribution in [0.1, 0.15) is 45.4 Å². The van der Waals surface area contributed by atoms with Gasteiger partial charge in [-0.2, -0.15) is 0 Å². The molecule has 28 heavy (non-hydrogen) atoms. The lowest BCUT2D eigenvalue weighted by atomic mass is 9.95. The zero-order valence-electron chi connectivity index (χ0n) is 17.0. The van der Waals surface area contributed by atoms with E-state index in [0.717, 1.165) is 32.4 Å². The highest BCUT2D eigenvalue weighted by Crippen LogP contribution is 2.27. The van der Waals surface area contributed by atoms with Crippen molar-refractivity contribution in [2.45, 2.75) is 80.7 Å². The van der Waals surface area contributed by atoms with Gasteiger partial charge >= 0.3 is 6.03 Å². The molecule has 3 rings (SSSR count). The second-order valence-corrected chi connectivity index (χ2v) is 9.92. The first-order valence-corrected chi connectivity index (χ1v) is 11.6. The number of nitrogens with zero attached hydrogens (tertiary/aromatic N) is 1. The third-order valence-corrected chi connectivity index (χ3v) is 7.22. The van der Waals surface area contributed by atoms with Gasteiger partial charge in [0.1, 0.15) is 6.29 Å². The number of hydrogen-bond donors (Lipinski definition) is 5. The summed E-state index contributed by atoms with van der Waals surface area (Å²) < 4.78 is 0. The Labute approximate surface area is 179 Å². The van der Waals surface area contributed by atoms with Crippen LogP contribution in [-0.2, 0) is 0 Å². The molecule has 0 aromatic carbocycles. The van der Waals surface area contributed by atoms with E-state index in [2.05, 4.69) is 45.5 Å². The van der Waals surface area contributed by atoms with Crippen molar-refractivity contribution in [2.75, 3.05) is 26.7 Å². The Morgan fingerprint density at radius 3 is 2.68 bits per heavy atom. The van der Waals surface area contributed by atoms with Crippen LogP contribution in [0.25, 0.3) is 0 Å². The van der Waals surface area contributed by atoms with Gasteiger partial charge in [0.25, 0.3) is 0 Å². The molecule has 0 aromatic heterocycles. The van der Waals surface area contributed by atoms with Crippen molar-refractivity contribution in [3.8, 4) is 0 Å². The molecule has 7 atom stereocenters. The summed E-state index contributed by atoms with van der Waals surface area (Å²) in [5.74, 6) is 0.695. The average molecular weight is 435 g/mol. The first kappa shape index (κ1) is 22.4. The molecule has 2 heterocycles. The van der Waals surface area contributed by atoms with Crippen molar-refractivity contribution >= 4 is 29.2 Å². The highest BCUT2D eigenvalue weighted by atomic mass is 35.5. The minimum absolute atomic E-state index is 0.00101. The Kier molecular flexibility index (Phi) is 8.50. The summed E-state index contributed by atoms with van der Waals surface area (Å²) in [5.41, 5.74) is 0. The van der Waals surface area contributed by atoms with Crippen LogP contribution in [0.15, 0.2) is 0 Å². The molecule has 3 aliphatic rings. The lowest BCUT2D eigenvalue weighted by Crippen LogP contribution is -2.68. The van der Waals surface area contributed by atoms with Gasteiger partial charge in [-0.15, -0.1) is 23.2 Å². The van der Waals surface area contributed by atoms with Crippen LogP contribution < -0.4 is 26.6 Å². The maximum atomic E-state index is 12.4. The number of carbonyl (C=O) groups excluding carboxylic acids is 1. The van der Waals surface area contributed by atoms with Crippen LogP contribution in [0, 0.1) is 5.92 Å². The van der Waals surface area contributed by atoms with E-state index >= 15 is 0 Å². The molecule has 2 amide bonds. The molecule has 7 nitrogen and oxygen atoms in total. The minimum Gasteiger partial charge on any atom is -0.335 e. The molecule has 1 saturated carbocycles. The minimum atomic E-state index is -0.258. The Hall–Kier alpha value is -0.310. The molecule has 0 bridgehead atoms. The molecular weight excluding hydrogens is 399 g/mol. The van der Waals surface area contributed by atoms with Gasteiger partial charge in [-0.05, 0) is 65.0 Å². The standard InChI is InChI=1S/C19H36Cl2N6O/c1-12-8-17(22-10-13-4-3-7-27(2)11-13)25-18(23-12)26-19(28)24-14-5-6-15(20)16(21)9-14/h12-18,22-23,25H,3-11H2,1-2H3,(H2,24,26,28). The predicted octanol–water partition coefficient (Wildman–Crippen LogP) is 1.57. The lowest BCUT2D eigenvalue weighted by molar-refractivity contribution is 0.166. The van der Waals surface area contributed by atoms with Gasteiger partial charge in [-0.1, -0.05) is 0 Å². The van der Waals surface area contributed by atoms with Crippen LogP contribution in [-0.4, -0.2) is 72.9 Å². The van der Waals surface area contributed by atoms with E-state index in [1.807, 2.05) is 0 Å². The lowest BCUT2D eigenvalue weighted by Gasteiger charge is -2.38. The van der Waals surface area contributed by atoms with Crippen molar-refractivity contribution in [3.05, 3.63) is 0 Å². The number of carbonyl (C=O) groups is 1. The summed E-state index contributed by atoms with van der Waals surface area (Å²) >= 11 is 12.4. The number of alkyl halides is 2. The van der Waals surface area contributed by atoms with E-state index in [0.29, 0.717) is 18.4 Å². The van der Waals surface area contributed by atoms with Gasteiger partial charge in [0.05, 0.1) is 16.9 Å². The highest BCUT2D eigenvalue weighted by Gasteiger charge is 2.30. The quantitative estimate of drug-likeness (QED) is 0.424. The largest absolute Gasteiger partial charge is 0.335 e. The zero-order chi connectivity index (χ0) is 20.1. The fraction of sp³-hybridized carbons (Fsp3) is 0.947. The van der Waals surface area contributed by atoms with Gasteiger partial charge < -0.3 is 20.9 Å². The normalized spacial score (nSPS) is 40.1. The molecule has 1 aliphatic carbocycles.